The smallest absolute Gasteiger partial charge is 0.318 e. The number of nitrogens with one attached hydrogen (secondary N) is 1. The van der Waals surface area contributed by atoms with Crippen LogP contribution in [0.5, 0.6) is 17.5 Å². The number of aldehydes is 1. The number of anilines is 2. The molecule has 39 heavy (non-hydrogen) atoms. The van der Waals surface area contributed by atoms with Gasteiger partial charge in [0.05, 0.1) is 44.0 Å². The van der Waals surface area contributed by atoms with Gasteiger partial charge >= 0.3 is 6.01 Å². The van der Waals surface area contributed by atoms with E-state index in [1.807, 2.05) is 12.1 Å². The quantitative estimate of drug-likeness (QED) is 0.348. The fraction of sp³-hybridized carbons (Fsp3) is 0.500. The summed E-state index contributed by atoms with van der Waals surface area (Å²) in [4.78, 5) is 32.6. The Kier molecular flexibility index (Phi) is 9.19. The van der Waals surface area contributed by atoms with E-state index in [1.165, 1.54) is 19.6 Å². The summed E-state index contributed by atoms with van der Waals surface area (Å²) in [5, 5.41) is 4.21. The summed E-state index contributed by atoms with van der Waals surface area (Å²) in [7, 11) is 1.49. The maximum Gasteiger partial charge on any atom is 0.318 e. The van der Waals surface area contributed by atoms with Crippen molar-refractivity contribution in [2.45, 2.75) is 18.9 Å². The minimum atomic E-state index is -0.00403. The second-order valence-corrected chi connectivity index (χ2v) is 9.71. The van der Waals surface area contributed by atoms with Crippen LogP contribution in [-0.2, 0) is 9.53 Å². The Morgan fingerprint density at radius 2 is 1.90 bits per heavy atom. The SMILES string of the molecule is COc1ncc(Cl)c(Nc2ncnc3cc(OCCN4CCN(CC=O)CC4)cc(OC4CCOCC4)c23)n1. The van der Waals surface area contributed by atoms with Gasteiger partial charge in [-0.25, -0.2) is 15.0 Å². The number of halogens is 1. The fourth-order valence-corrected chi connectivity index (χ4v) is 4.75. The molecular weight excluding hydrogens is 526 g/mol. The fourth-order valence-electron chi connectivity index (χ4n) is 4.62. The second kappa shape index (κ2) is 13.2. The first-order chi connectivity index (χ1) is 19.1. The summed E-state index contributed by atoms with van der Waals surface area (Å²) in [6.07, 6.45) is 5.46. The van der Waals surface area contributed by atoms with Crippen LogP contribution in [0, 0.1) is 0 Å². The van der Waals surface area contributed by atoms with Crippen molar-refractivity contribution in [3.05, 3.63) is 29.7 Å². The van der Waals surface area contributed by atoms with Gasteiger partial charge in [0.15, 0.2) is 5.82 Å². The number of hydrogen-bond acceptors (Lipinski definition) is 12. The van der Waals surface area contributed by atoms with Gasteiger partial charge in [0.25, 0.3) is 0 Å². The minimum Gasteiger partial charge on any atom is -0.492 e. The number of piperazine rings is 1. The molecule has 0 radical (unpaired) electrons. The molecule has 0 amide bonds. The number of hydrogen-bond donors (Lipinski definition) is 1. The average Bonchev–Trinajstić information content (AvgIpc) is 2.96. The van der Waals surface area contributed by atoms with Gasteiger partial charge in [-0.3, -0.25) is 9.80 Å². The van der Waals surface area contributed by atoms with E-state index in [9.17, 15) is 4.79 Å². The predicted octanol–water partition coefficient (Wildman–Crippen LogP) is 2.58. The van der Waals surface area contributed by atoms with Crippen LogP contribution in [0.3, 0.4) is 0 Å². The van der Waals surface area contributed by atoms with Gasteiger partial charge in [0.2, 0.25) is 0 Å². The predicted molar refractivity (Wildman–Crippen MR) is 145 cm³/mol. The Labute approximate surface area is 231 Å². The lowest BCUT2D eigenvalue weighted by molar-refractivity contribution is -0.109. The molecule has 13 heteroatoms. The summed E-state index contributed by atoms with van der Waals surface area (Å²) in [6, 6.07) is 3.94. The number of carbonyl (C=O) groups excluding carboxylic acids is 1. The van der Waals surface area contributed by atoms with Gasteiger partial charge in [-0.05, 0) is 0 Å². The molecule has 2 aromatic heterocycles. The van der Waals surface area contributed by atoms with E-state index in [1.54, 1.807) is 0 Å². The van der Waals surface area contributed by atoms with Gasteiger partial charge in [-0.1, -0.05) is 11.6 Å². The maximum atomic E-state index is 10.8. The molecule has 3 aromatic rings. The Morgan fingerprint density at radius 1 is 1.10 bits per heavy atom. The topological polar surface area (TPSA) is 124 Å². The van der Waals surface area contributed by atoms with Crippen molar-refractivity contribution in [3.8, 4) is 17.5 Å². The minimum absolute atomic E-state index is 0.00403. The van der Waals surface area contributed by atoms with Crippen LogP contribution in [0.25, 0.3) is 10.9 Å². The van der Waals surface area contributed by atoms with Crippen molar-refractivity contribution in [1.82, 2.24) is 29.7 Å². The Morgan fingerprint density at radius 3 is 2.67 bits per heavy atom. The van der Waals surface area contributed by atoms with Crippen molar-refractivity contribution in [1.29, 1.82) is 0 Å². The molecule has 2 fully saturated rings. The number of benzene rings is 1. The molecule has 0 aliphatic carbocycles. The number of carbonyl (C=O) groups is 1. The van der Waals surface area contributed by atoms with E-state index in [0.29, 0.717) is 65.4 Å². The molecule has 2 aliphatic heterocycles. The highest BCUT2D eigenvalue weighted by Gasteiger charge is 2.21. The first-order valence-corrected chi connectivity index (χ1v) is 13.4. The molecule has 5 rings (SSSR count). The normalized spacial score (nSPS) is 17.2. The van der Waals surface area contributed by atoms with E-state index in [4.69, 9.17) is 30.5 Å². The summed E-state index contributed by atoms with van der Waals surface area (Å²) in [5.41, 5.74) is 0.659. The average molecular weight is 558 g/mol. The highest BCUT2D eigenvalue weighted by atomic mass is 35.5. The Hall–Kier alpha value is -3.32. The van der Waals surface area contributed by atoms with Crippen LogP contribution in [0.1, 0.15) is 12.8 Å². The Bertz CT molecular complexity index is 1270. The van der Waals surface area contributed by atoms with Crippen LogP contribution < -0.4 is 19.5 Å². The molecule has 2 aliphatic rings. The molecule has 0 atom stereocenters. The number of fused-ring (bicyclic) bond motifs is 1. The number of aromatic nitrogens is 4. The van der Waals surface area contributed by atoms with Crippen molar-refractivity contribution >= 4 is 40.4 Å². The van der Waals surface area contributed by atoms with Crippen molar-refractivity contribution < 1.29 is 23.7 Å². The monoisotopic (exact) mass is 557 g/mol. The zero-order chi connectivity index (χ0) is 27.0. The summed E-state index contributed by atoms with van der Waals surface area (Å²) in [6.45, 7) is 6.67. The van der Waals surface area contributed by atoms with Gasteiger partial charge < -0.3 is 29.1 Å². The van der Waals surface area contributed by atoms with E-state index in [2.05, 4.69) is 35.1 Å². The highest BCUT2D eigenvalue weighted by molar-refractivity contribution is 6.33. The van der Waals surface area contributed by atoms with Gasteiger partial charge in [-0.15, -0.1) is 0 Å². The lowest BCUT2D eigenvalue weighted by Crippen LogP contribution is -2.47. The third-order valence-electron chi connectivity index (χ3n) is 6.75. The third-order valence-corrected chi connectivity index (χ3v) is 7.03. The van der Waals surface area contributed by atoms with E-state index in [-0.39, 0.29) is 12.1 Å². The van der Waals surface area contributed by atoms with E-state index < -0.39 is 0 Å². The molecule has 0 bridgehead atoms. The van der Waals surface area contributed by atoms with Crippen LogP contribution in [0.15, 0.2) is 24.7 Å². The second-order valence-electron chi connectivity index (χ2n) is 9.30. The molecule has 0 saturated carbocycles. The van der Waals surface area contributed by atoms with Gasteiger partial charge in [0.1, 0.15) is 47.7 Å². The number of ether oxygens (including phenoxy) is 4. The van der Waals surface area contributed by atoms with E-state index >= 15 is 0 Å². The lowest BCUT2D eigenvalue weighted by Gasteiger charge is -2.33. The van der Waals surface area contributed by atoms with Crippen molar-refractivity contribution in [3.63, 3.8) is 0 Å². The molecule has 2 saturated heterocycles. The first kappa shape index (κ1) is 27.3. The molecule has 0 spiro atoms. The van der Waals surface area contributed by atoms with Gasteiger partial charge in [0, 0.05) is 57.7 Å². The molecule has 1 aromatic carbocycles. The molecular formula is C26H32ClN7O5. The van der Waals surface area contributed by atoms with Crippen LogP contribution in [0.2, 0.25) is 5.02 Å². The first-order valence-electron chi connectivity index (χ1n) is 13.0. The Balaban J connectivity index is 1.37. The summed E-state index contributed by atoms with van der Waals surface area (Å²) < 4.78 is 23.3. The van der Waals surface area contributed by atoms with Gasteiger partial charge in [-0.2, -0.15) is 4.98 Å². The molecule has 1 N–H and O–H groups in total. The molecule has 0 unspecified atom stereocenters. The standard InChI is InChI=1S/C26H32ClN7O5/c1-36-26-28-16-20(27)24(32-26)31-25-23-21(29-17-30-25)14-19(15-22(23)39-18-2-11-37-12-3-18)38-13-9-34-6-4-33(5-7-34)8-10-35/h10,14-18H,2-9,11-13H2,1H3,(H,28,29,30,31,32). The zero-order valence-electron chi connectivity index (χ0n) is 21.8. The molecule has 12 nitrogen and oxygen atoms in total. The maximum absolute atomic E-state index is 10.8. The number of methoxy groups -OCH3 is 1. The lowest BCUT2D eigenvalue weighted by atomic mass is 10.1. The third kappa shape index (κ3) is 7.01. The van der Waals surface area contributed by atoms with Crippen LogP contribution >= 0.6 is 11.6 Å². The zero-order valence-corrected chi connectivity index (χ0v) is 22.6. The van der Waals surface area contributed by atoms with Crippen molar-refractivity contribution in [2.24, 2.45) is 0 Å². The van der Waals surface area contributed by atoms with Crippen LogP contribution in [0.4, 0.5) is 11.6 Å². The highest BCUT2D eigenvalue weighted by Crippen LogP contribution is 2.37. The summed E-state index contributed by atoms with van der Waals surface area (Å²) >= 11 is 6.35. The molecule has 208 valence electrons. The van der Waals surface area contributed by atoms with Crippen molar-refractivity contribution in [2.75, 3.05) is 71.5 Å². The molecule has 4 heterocycles. The number of nitrogens with zero attached hydrogens (tertiary/aromatic N) is 6. The van der Waals surface area contributed by atoms with E-state index in [0.717, 1.165) is 51.9 Å². The largest absolute Gasteiger partial charge is 0.492 e. The summed E-state index contributed by atoms with van der Waals surface area (Å²) in [5.74, 6) is 2.12. The number of rotatable bonds is 11. The van der Waals surface area contributed by atoms with Crippen LogP contribution in [-0.4, -0.2) is 108 Å².